The normalized spacial score (nSPS) is 12.2. The summed E-state index contributed by atoms with van der Waals surface area (Å²) in [6.45, 7) is 1.62. The lowest BCUT2D eigenvalue weighted by Crippen LogP contribution is -1.95. The molecular formula is C13H11BrFNO2. The zero-order chi connectivity index (χ0) is 13.1. The molecule has 0 fully saturated rings. The Morgan fingerprint density at radius 3 is 2.72 bits per heavy atom. The molecule has 1 aromatic carbocycles. The number of rotatable bonds is 3. The monoisotopic (exact) mass is 311 g/mol. The van der Waals surface area contributed by atoms with Gasteiger partial charge in [-0.15, -0.1) is 0 Å². The molecule has 0 amide bonds. The lowest BCUT2D eigenvalue weighted by molar-refractivity contribution is 0.194. The van der Waals surface area contributed by atoms with Crippen molar-refractivity contribution >= 4 is 15.9 Å². The van der Waals surface area contributed by atoms with Gasteiger partial charge < -0.3 is 9.84 Å². The van der Waals surface area contributed by atoms with Crippen molar-refractivity contribution in [2.24, 2.45) is 0 Å². The van der Waals surface area contributed by atoms with Crippen LogP contribution in [0.2, 0.25) is 0 Å². The minimum Gasteiger partial charge on any atom is -0.453 e. The first-order valence-electron chi connectivity index (χ1n) is 5.33. The van der Waals surface area contributed by atoms with Crippen LogP contribution in [-0.2, 0) is 0 Å². The number of hydrogen-bond donors (Lipinski definition) is 1. The molecule has 1 unspecified atom stereocenters. The third kappa shape index (κ3) is 3.05. The van der Waals surface area contributed by atoms with Crippen LogP contribution in [0.15, 0.2) is 41.0 Å². The second kappa shape index (κ2) is 5.46. The van der Waals surface area contributed by atoms with Crippen molar-refractivity contribution in [2.45, 2.75) is 13.0 Å². The maximum Gasteiger partial charge on any atom is 0.165 e. The molecule has 0 radical (unpaired) electrons. The molecule has 0 saturated carbocycles. The van der Waals surface area contributed by atoms with Crippen LogP contribution in [0, 0.1) is 5.82 Å². The molecule has 2 rings (SSSR count). The molecule has 0 bridgehead atoms. The van der Waals surface area contributed by atoms with Crippen LogP contribution < -0.4 is 4.74 Å². The van der Waals surface area contributed by atoms with Gasteiger partial charge in [0.25, 0.3) is 0 Å². The Bertz CT molecular complexity index is 543. The van der Waals surface area contributed by atoms with Crippen LogP contribution in [0.25, 0.3) is 0 Å². The Balaban J connectivity index is 2.21. The second-order valence-electron chi connectivity index (χ2n) is 3.77. The summed E-state index contributed by atoms with van der Waals surface area (Å²) in [4.78, 5) is 4.02. The Morgan fingerprint density at radius 2 is 2.11 bits per heavy atom. The second-order valence-corrected chi connectivity index (χ2v) is 4.69. The molecule has 94 valence electrons. The van der Waals surface area contributed by atoms with Crippen molar-refractivity contribution in [1.82, 2.24) is 4.98 Å². The lowest BCUT2D eigenvalue weighted by Gasteiger charge is -2.08. The molecule has 0 saturated heterocycles. The molecule has 2 aromatic rings. The van der Waals surface area contributed by atoms with Crippen LogP contribution in [0.1, 0.15) is 18.7 Å². The van der Waals surface area contributed by atoms with Gasteiger partial charge in [-0.2, -0.15) is 0 Å². The zero-order valence-corrected chi connectivity index (χ0v) is 11.2. The predicted molar refractivity (Wildman–Crippen MR) is 69.0 cm³/mol. The van der Waals surface area contributed by atoms with E-state index in [1.807, 2.05) is 0 Å². The first-order valence-corrected chi connectivity index (χ1v) is 6.12. The van der Waals surface area contributed by atoms with Crippen molar-refractivity contribution in [1.29, 1.82) is 0 Å². The first-order chi connectivity index (χ1) is 8.56. The quantitative estimate of drug-likeness (QED) is 0.936. The fourth-order valence-electron chi connectivity index (χ4n) is 1.38. The van der Waals surface area contributed by atoms with Crippen molar-refractivity contribution in [3.8, 4) is 11.5 Å². The number of hydrogen-bond acceptors (Lipinski definition) is 3. The smallest absolute Gasteiger partial charge is 0.165 e. The highest BCUT2D eigenvalue weighted by Crippen LogP contribution is 2.27. The maximum absolute atomic E-state index is 13.5. The number of aliphatic hydroxyl groups excluding tert-OH is 1. The number of aromatic nitrogens is 1. The van der Waals surface area contributed by atoms with E-state index in [0.717, 1.165) is 4.47 Å². The molecule has 3 nitrogen and oxygen atoms in total. The van der Waals surface area contributed by atoms with Gasteiger partial charge in [0.2, 0.25) is 0 Å². The number of nitrogens with zero attached hydrogens (tertiary/aromatic N) is 1. The molecule has 0 aliphatic heterocycles. The predicted octanol–water partition coefficient (Wildman–Crippen LogP) is 3.83. The summed E-state index contributed by atoms with van der Waals surface area (Å²) in [5.74, 6) is 0.0881. The van der Waals surface area contributed by atoms with Crippen molar-refractivity contribution in [3.05, 3.63) is 52.5 Å². The number of halogens is 2. The molecule has 5 heteroatoms. The van der Waals surface area contributed by atoms with E-state index in [0.29, 0.717) is 11.4 Å². The van der Waals surface area contributed by atoms with E-state index in [2.05, 4.69) is 20.9 Å². The van der Waals surface area contributed by atoms with Gasteiger partial charge in [-0.05, 0) is 37.3 Å². The van der Waals surface area contributed by atoms with Gasteiger partial charge >= 0.3 is 0 Å². The molecular weight excluding hydrogens is 301 g/mol. The van der Waals surface area contributed by atoms with Gasteiger partial charge in [-0.3, -0.25) is 4.98 Å². The van der Waals surface area contributed by atoms with Gasteiger partial charge in [0.05, 0.1) is 18.0 Å². The molecule has 0 aliphatic rings. The number of pyridine rings is 1. The third-order valence-electron chi connectivity index (χ3n) is 2.31. The summed E-state index contributed by atoms with van der Waals surface area (Å²) < 4.78 is 19.6. The van der Waals surface area contributed by atoms with Crippen LogP contribution in [0.4, 0.5) is 4.39 Å². The summed E-state index contributed by atoms with van der Waals surface area (Å²) in [5.41, 5.74) is 0.539. The summed E-state index contributed by atoms with van der Waals surface area (Å²) >= 11 is 3.24. The van der Waals surface area contributed by atoms with Crippen LogP contribution in [0.3, 0.4) is 0 Å². The summed E-state index contributed by atoms with van der Waals surface area (Å²) in [6, 6.07) is 7.72. The average molecular weight is 312 g/mol. The number of ether oxygens (including phenoxy) is 1. The number of benzene rings is 1. The Morgan fingerprint density at radius 1 is 1.33 bits per heavy atom. The van der Waals surface area contributed by atoms with Gasteiger partial charge in [-0.1, -0.05) is 15.9 Å². The van der Waals surface area contributed by atoms with E-state index in [9.17, 15) is 9.50 Å². The van der Waals surface area contributed by atoms with Gasteiger partial charge in [0.1, 0.15) is 5.75 Å². The van der Waals surface area contributed by atoms with E-state index in [4.69, 9.17) is 4.74 Å². The van der Waals surface area contributed by atoms with E-state index in [1.165, 1.54) is 18.3 Å². The Hall–Kier alpha value is -1.46. The highest BCUT2D eigenvalue weighted by molar-refractivity contribution is 9.10. The van der Waals surface area contributed by atoms with Gasteiger partial charge in [-0.25, -0.2) is 4.39 Å². The van der Waals surface area contributed by atoms with Gasteiger partial charge in [0.15, 0.2) is 11.6 Å². The SMILES string of the molecule is CC(O)c1ccc(Oc2cc(Br)ccc2F)cn1. The highest BCUT2D eigenvalue weighted by atomic mass is 79.9. The van der Waals surface area contributed by atoms with E-state index in [1.54, 1.807) is 25.1 Å². The fourth-order valence-corrected chi connectivity index (χ4v) is 1.72. The summed E-state index contributed by atoms with van der Waals surface area (Å²) in [6.07, 6.45) is 0.809. The summed E-state index contributed by atoms with van der Waals surface area (Å²) in [5, 5.41) is 9.32. The minimum atomic E-state index is -0.637. The van der Waals surface area contributed by atoms with Crippen molar-refractivity contribution in [3.63, 3.8) is 0 Å². The van der Waals surface area contributed by atoms with Crippen LogP contribution >= 0.6 is 15.9 Å². The number of aliphatic hydroxyl groups is 1. The molecule has 0 spiro atoms. The molecule has 1 N–H and O–H groups in total. The minimum absolute atomic E-state index is 0.121. The first kappa shape index (κ1) is 13.0. The van der Waals surface area contributed by atoms with Crippen molar-refractivity contribution < 1.29 is 14.2 Å². The largest absolute Gasteiger partial charge is 0.453 e. The van der Waals surface area contributed by atoms with Crippen LogP contribution in [-0.4, -0.2) is 10.1 Å². The maximum atomic E-state index is 13.5. The summed E-state index contributed by atoms with van der Waals surface area (Å²) in [7, 11) is 0. The average Bonchev–Trinajstić information content (AvgIpc) is 2.34. The van der Waals surface area contributed by atoms with E-state index in [-0.39, 0.29) is 5.75 Å². The molecule has 1 heterocycles. The topological polar surface area (TPSA) is 42.4 Å². The Kier molecular flexibility index (Phi) is 3.93. The van der Waals surface area contributed by atoms with Crippen LogP contribution in [0.5, 0.6) is 11.5 Å². The molecule has 18 heavy (non-hydrogen) atoms. The zero-order valence-electron chi connectivity index (χ0n) is 9.60. The molecule has 1 aromatic heterocycles. The third-order valence-corrected chi connectivity index (χ3v) is 2.80. The van der Waals surface area contributed by atoms with E-state index >= 15 is 0 Å². The molecule has 1 atom stereocenters. The fraction of sp³-hybridized carbons (Fsp3) is 0.154. The van der Waals surface area contributed by atoms with Gasteiger partial charge in [0, 0.05) is 4.47 Å². The standard InChI is InChI=1S/C13H11BrFNO2/c1-8(17)12-5-3-10(7-16-12)18-13-6-9(14)2-4-11(13)15/h2-8,17H,1H3. The highest BCUT2D eigenvalue weighted by Gasteiger charge is 2.07. The van der Waals surface area contributed by atoms with Crippen molar-refractivity contribution in [2.75, 3.05) is 0 Å². The molecule has 0 aliphatic carbocycles. The lowest BCUT2D eigenvalue weighted by atomic mass is 10.2. The Labute approximate surface area is 112 Å². The van der Waals surface area contributed by atoms with E-state index < -0.39 is 11.9 Å².